The molecule has 2 aromatic rings. The Hall–Kier alpha value is -2.28. The quantitative estimate of drug-likeness (QED) is 0.608. The highest BCUT2D eigenvalue weighted by atomic mass is 16.3. The van der Waals surface area contributed by atoms with E-state index in [4.69, 9.17) is 5.11 Å². The number of carbonyl (C=O) groups is 1. The summed E-state index contributed by atoms with van der Waals surface area (Å²) < 4.78 is 1.60. The number of aromatic amines is 1. The molecular weight excluding hydrogens is 284 g/mol. The summed E-state index contributed by atoms with van der Waals surface area (Å²) in [4.78, 5) is 26.4. The summed E-state index contributed by atoms with van der Waals surface area (Å²) >= 11 is 0. The van der Waals surface area contributed by atoms with Crippen LogP contribution in [-0.2, 0) is 6.54 Å². The largest absolute Gasteiger partial charge is 0.396 e. The van der Waals surface area contributed by atoms with E-state index in [0.717, 1.165) is 17.5 Å². The molecule has 0 aliphatic heterocycles. The number of nitrogens with one attached hydrogen (secondary N) is 3. The van der Waals surface area contributed by atoms with Gasteiger partial charge in [0.1, 0.15) is 0 Å². The first kappa shape index (κ1) is 16.1. The van der Waals surface area contributed by atoms with Gasteiger partial charge in [0.15, 0.2) is 0 Å². The molecule has 2 amide bonds. The molecule has 0 radical (unpaired) electrons. The minimum Gasteiger partial charge on any atom is -0.396 e. The van der Waals surface area contributed by atoms with Crippen molar-refractivity contribution in [2.75, 3.05) is 13.2 Å². The van der Waals surface area contributed by atoms with Gasteiger partial charge in [-0.05, 0) is 31.9 Å². The molecule has 0 saturated carbocycles. The van der Waals surface area contributed by atoms with Crippen LogP contribution < -0.4 is 16.3 Å². The van der Waals surface area contributed by atoms with Crippen molar-refractivity contribution < 1.29 is 9.90 Å². The molecule has 0 fully saturated rings. The Bertz CT molecular complexity index is 677. The van der Waals surface area contributed by atoms with Crippen molar-refractivity contribution in [1.29, 1.82) is 0 Å². The average Bonchev–Trinajstić information content (AvgIpc) is 2.81. The van der Waals surface area contributed by atoms with Gasteiger partial charge in [-0.25, -0.2) is 9.59 Å². The van der Waals surface area contributed by atoms with Crippen LogP contribution in [0.1, 0.15) is 19.8 Å². The number of rotatable bonds is 7. The van der Waals surface area contributed by atoms with Gasteiger partial charge in [0.2, 0.25) is 0 Å². The van der Waals surface area contributed by atoms with Crippen LogP contribution in [0.2, 0.25) is 0 Å². The third-order valence-corrected chi connectivity index (χ3v) is 3.48. The number of H-pyrrole nitrogens is 1. The predicted molar refractivity (Wildman–Crippen MR) is 84.9 cm³/mol. The third-order valence-electron chi connectivity index (χ3n) is 3.48. The normalized spacial score (nSPS) is 12.3. The monoisotopic (exact) mass is 306 g/mol. The fourth-order valence-electron chi connectivity index (χ4n) is 2.35. The minimum absolute atomic E-state index is 0.00274. The lowest BCUT2D eigenvalue weighted by Gasteiger charge is -2.14. The molecule has 4 N–H and O–H groups in total. The number of amides is 2. The van der Waals surface area contributed by atoms with Gasteiger partial charge >= 0.3 is 11.7 Å². The Labute approximate surface area is 128 Å². The molecule has 0 spiro atoms. The summed E-state index contributed by atoms with van der Waals surface area (Å²) in [5.41, 5.74) is 1.43. The maximum Gasteiger partial charge on any atom is 0.326 e. The smallest absolute Gasteiger partial charge is 0.326 e. The van der Waals surface area contributed by atoms with Crippen LogP contribution in [0.25, 0.3) is 11.0 Å². The van der Waals surface area contributed by atoms with Crippen molar-refractivity contribution in [2.45, 2.75) is 32.4 Å². The summed E-state index contributed by atoms with van der Waals surface area (Å²) in [6.45, 7) is 2.78. The van der Waals surface area contributed by atoms with Gasteiger partial charge < -0.3 is 20.7 Å². The number of para-hydroxylation sites is 2. The predicted octanol–water partition coefficient (Wildman–Crippen LogP) is 0.790. The van der Waals surface area contributed by atoms with Crippen LogP contribution in [0, 0.1) is 0 Å². The molecule has 0 aliphatic rings. The van der Waals surface area contributed by atoms with Crippen molar-refractivity contribution in [2.24, 2.45) is 0 Å². The fraction of sp³-hybridized carbons (Fsp3) is 0.467. The first-order valence-corrected chi connectivity index (χ1v) is 7.44. The Morgan fingerprint density at radius 2 is 2.18 bits per heavy atom. The van der Waals surface area contributed by atoms with Crippen LogP contribution in [0.4, 0.5) is 4.79 Å². The maximum absolute atomic E-state index is 11.9. The molecule has 1 aromatic carbocycles. The van der Waals surface area contributed by atoms with E-state index in [1.165, 1.54) is 0 Å². The Morgan fingerprint density at radius 3 is 2.95 bits per heavy atom. The van der Waals surface area contributed by atoms with Gasteiger partial charge in [-0.2, -0.15) is 0 Å². The lowest BCUT2D eigenvalue weighted by atomic mass is 10.2. The number of benzene rings is 1. The number of aliphatic hydroxyl groups is 1. The molecular formula is C15H22N4O3. The molecule has 7 heteroatoms. The summed E-state index contributed by atoms with van der Waals surface area (Å²) in [6.07, 6.45) is 1.39. The van der Waals surface area contributed by atoms with Gasteiger partial charge in [0.05, 0.1) is 11.0 Å². The lowest BCUT2D eigenvalue weighted by Crippen LogP contribution is -2.42. The van der Waals surface area contributed by atoms with E-state index in [-0.39, 0.29) is 24.4 Å². The summed E-state index contributed by atoms with van der Waals surface area (Å²) in [5.74, 6) is 0. The second-order valence-electron chi connectivity index (χ2n) is 5.27. The van der Waals surface area contributed by atoms with Crippen LogP contribution in [-0.4, -0.2) is 39.9 Å². The van der Waals surface area contributed by atoms with Crippen molar-refractivity contribution in [3.63, 3.8) is 0 Å². The van der Waals surface area contributed by atoms with Crippen LogP contribution >= 0.6 is 0 Å². The van der Waals surface area contributed by atoms with E-state index in [1.54, 1.807) is 4.57 Å². The standard InChI is InChI=1S/C15H22N4O3/c1-11(5-4-10-20)17-14(21)16-8-9-19-13-7-3-2-6-12(13)18-15(19)22/h2-3,6-7,11,20H,4-5,8-10H2,1H3,(H,18,22)(H2,16,17,21). The molecule has 120 valence electrons. The second-order valence-corrected chi connectivity index (χ2v) is 5.27. The number of hydrogen-bond acceptors (Lipinski definition) is 3. The first-order valence-electron chi connectivity index (χ1n) is 7.44. The summed E-state index contributed by atoms with van der Waals surface area (Å²) in [7, 11) is 0. The van der Waals surface area contributed by atoms with Crippen molar-refractivity contribution in [3.05, 3.63) is 34.7 Å². The first-order chi connectivity index (χ1) is 10.6. The number of aromatic nitrogens is 2. The minimum atomic E-state index is -0.265. The maximum atomic E-state index is 11.9. The molecule has 1 unspecified atom stereocenters. The van der Waals surface area contributed by atoms with E-state index >= 15 is 0 Å². The van der Waals surface area contributed by atoms with Crippen LogP contribution in [0.3, 0.4) is 0 Å². The molecule has 22 heavy (non-hydrogen) atoms. The van der Waals surface area contributed by atoms with Gasteiger partial charge in [-0.15, -0.1) is 0 Å². The third kappa shape index (κ3) is 4.11. The Kier molecular flexibility index (Phi) is 5.60. The van der Waals surface area contributed by atoms with E-state index < -0.39 is 0 Å². The van der Waals surface area contributed by atoms with Gasteiger partial charge in [-0.3, -0.25) is 4.57 Å². The van der Waals surface area contributed by atoms with Gasteiger partial charge in [-0.1, -0.05) is 12.1 Å². The molecule has 0 saturated heterocycles. The van der Waals surface area contributed by atoms with Crippen LogP contribution in [0.5, 0.6) is 0 Å². The SMILES string of the molecule is CC(CCCO)NC(=O)NCCn1c(=O)[nH]c2ccccc21. The number of urea groups is 1. The van der Waals surface area contributed by atoms with Crippen molar-refractivity contribution in [3.8, 4) is 0 Å². The zero-order valence-corrected chi connectivity index (χ0v) is 12.6. The molecule has 1 heterocycles. The number of imidazole rings is 1. The van der Waals surface area contributed by atoms with Crippen LogP contribution in [0.15, 0.2) is 29.1 Å². The molecule has 2 rings (SSSR count). The molecule has 0 bridgehead atoms. The average molecular weight is 306 g/mol. The second kappa shape index (κ2) is 7.65. The fourth-order valence-corrected chi connectivity index (χ4v) is 2.35. The lowest BCUT2D eigenvalue weighted by molar-refractivity contribution is 0.234. The van der Waals surface area contributed by atoms with E-state index in [0.29, 0.717) is 19.5 Å². The number of carbonyl (C=O) groups excluding carboxylic acids is 1. The highest BCUT2D eigenvalue weighted by Crippen LogP contribution is 2.08. The number of fused-ring (bicyclic) bond motifs is 1. The molecule has 1 atom stereocenters. The highest BCUT2D eigenvalue weighted by Gasteiger charge is 2.08. The van der Waals surface area contributed by atoms with Crippen molar-refractivity contribution >= 4 is 17.1 Å². The summed E-state index contributed by atoms with van der Waals surface area (Å²) in [6, 6.07) is 7.18. The highest BCUT2D eigenvalue weighted by molar-refractivity contribution is 5.75. The zero-order valence-electron chi connectivity index (χ0n) is 12.6. The Balaban J connectivity index is 1.84. The van der Waals surface area contributed by atoms with Gasteiger partial charge in [0.25, 0.3) is 0 Å². The number of nitrogens with zero attached hydrogens (tertiary/aromatic N) is 1. The van der Waals surface area contributed by atoms with E-state index in [9.17, 15) is 9.59 Å². The van der Waals surface area contributed by atoms with Crippen molar-refractivity contribution in [1.82, 2.24) is 20.2 Å². The Morgan fingerprint density at radius 1 is 1.41 bits per heavy atom. The number of hydrogen-bond donors (Lipinski definition) is 4. The van der Waals surface area contributed by atoms with E-state index in [2.05, 4.69) is 15.6 Å². The zero-order chi connectivity index (χ0) is 15.9. The molecule has 1 aromatic heterocycles. The number of aliphatic hydroxyl groups excluding tert-OH is 1. The molecule has 0 aliphatic carbocycles. The van der Waals surface area contributed by atoms with E-state index in [1.807, 2.05) is 31.2 Å². The topological polar surface area (TPSA) is 99.1 Å². The molecule has 7 nitrogen and oxygen atoms in total. The van der Waals surface area contributed by atoms with Gasteiger partial charge in [0, 0.05) is 25.7 Å². The summed E-state index contributed by atoms with van der Waals surface area (Å²) in [5, 5.41) is 14.3.